The molecule has 0 saturated carbocycles. The zero-order valence-electron chi connectivity index (χ0n) is 20.1. The van der Waals surface area contributed by atoms with E-state index >= 15 is 0 Å². The van der Waals surface area contributed by atoms with Crippen molar-refractivity contribution in [2.24, 2.45) is 0 Å². The van der Waals surface area contributed by atoms with Gasteiger partial charge in [0.05, 0.1) is 16.4 Å². The Morgan fingerprint density at radius 3 is 2.62 bits per heavy atom. The van der Waals surface area contributed by atoms with E-state index in [0.29, 0.717) is 22.4 Å². The molecule has 2 aromatic rings. The Hall–Kier alpha value is -3.13. The van der Waals surface area contributed by atoms with Gasteiger partial charge >= 0.3 is 0 Å². The van der Waals surface area contributed by atoms with E-state index in [2.05, 4.69) is 51.7 Å². The van der Waals surface area contributed by atoms with Crippen LogP contribution in [0.1, 0.15) is 63.6 Å². The van der Waals surface area contributed by atoms with Crippen LogP contribution < -0.4 is 4.90 Å². The minimum atomic E-state index is -0.490. The molecular formula is C26H29N3O4S. The summed E-state index contributed by atoms with van der Waals surface area (Å²) in [6, 6.07) is 12.6. The van der Waals surface area contributed by atoms with E-state index < -0.39 is 4.92 Å². The summed E-state index contributed by atoms with van der Waals surface area (Å²) in [5, 5.41) is 10.7. The molecule has 1 unspecified atom stereocenters. The van der Waals surface area contributed by atoms with Crippen molar-refractivity contribution >= 4 is 40.4 Å². The second-order valence-corrected chi connectivity index (χ2v) is 10.9. The first-order valence-corrected chi connectivity index (χ1v) is 12.2. The van der Waals surface area contributed by atoms with Crippen LogP contribution in [-0.2, 0) is 11.3 Å². The maximum absolute atomic E-state index is 13.0. The number of rotatable bonds is 5. The third-order valence-electron chi connectivity index (χ3n) is 6.45. The molecule has 2 aromatic carbocycles. The Labute approximate surface area is 204 Å². The number of carbonyl (C=O) groups excluding carboxylic acids is 2. The molecule has 0 N–H and O–H groups in total. The van der Waals surface area contributed by atoms with Crippen LogP contribution >= 0.6 is 11.8 Å². The van der Waals surface area contributed by atoms with E-state index in [1.807, 2.05) is 6.07 Å². The second kappa shape index (κ2) is 8.91. The molecule has 2 aliphatic rings. The lowest BCUT2D eigenvalue weighted by molar-refractivity contribution is -0.384. The predicted molar refractivity (Wildman–Crippen MR) is 136 cm³/mol. The minimum Gasteiger partial charge on any atom is -0.364 e. The summed E-state index contributed by atoms with van der Waals surface area (Å²) in [5.41, 5.74) is 3.87. The number of nitro groups is 1. The molecule has 4 rings (SSSR count). The lowest BCUT2D eigenvalue weighted by Crippen LogP contribution is -2.51. The van der Waals surface area contributed by atoms with Crippen molar-refractivity contribution in [3.05, 3.63) is 74.2 Å². The van der Waals surface area contributed by atoms with E-state index in [1.165, 1.54) is 23.4 Å². The highest BCUT2D eigenvalue weighted by molar-refractivity contribution is 8.18. The van der Waals surface area contributed by atoms with Crippen molar-refractivity contribution in [1.82, 2.24) is 4.90 Å². The monoisotopic (exact) mass is 479 g/mol. The summed E-state index contributed by atoms with van der Waals surface area (Å²) in [6.07, 6.45) is 2.80. The van der Waals surface area contributed by atoms with Gasteiger partial charge in [0.15, 0.2) is 0 Å². The highest BCUT2D eigenvalue weighted by Gasteiger charge is 2.38. The van der Waals surface area contributed by atoms with Gasteiger partial charge in [0, 0.05) is 29.4 Å². The van der Waals surface area contributed by atoms with Gasteiger partial charge in [-0.15, -0.1) is 0 Å². The molecule has 0 aromatic heterocycles. The number of non-ortho nitro benzene ring substituents is 1. The Balaban J connectivity index is 1.60. The van der Waals surface area contributed by atoms with Gasteiger partial charge < -0.3 is 4.90 Å². The minimum absolute atomic E-state index is 0.00331. The second-order valence-electron chi connectivity index (χ2n) is 9.89. The van der Waals surface area contributed by atoms with Gasteiger partial charge in [0.1, 0.15) is 0 Å². The van der Waals surface area contributed by atoms with Gasteiger partial charge in [-0.3, -0.25) is 24.6 Å². The van der Waals surface area contributed by atoms with E-state index in [9.17, 15) is 19.7 Å². The first-order valence-electron chi connectivity index (χ1n) is 11.4. The number of nitrogens with zero attached hydrogens (tertiary/aromatic N) is 3. The molecule has 178 valence electrons. The van der Waals surface area contributed by atoms with Gasteiger partial charge in [0.2, 0.25) is 0 Å². The summed E-state index contributed by atoms with van der Waals surface area (Å²) < 4.78 is 0. The Bertz CT molecular complexity index is 1200. The third kappa shape index (κ3) is 4.46. The van der Waals surface area contributed by atoms with Gasteiger partial charge in [-0.1, -0.05) is 25.1 Å². The highest BCUT2D eigenvalue weighted by Crippen LogP contribution is 2.45. The molecule has 1 atom stereocenters. The first-order chi connectivity index (χ1) is 16.0. The molecule has 7 nitrogen and oxygen atoms in total. The van der Waals surface area contributed by atoms with Gasteiger partial charge in [-0.05, 0) is 86.7 Å². The van der Waals surface area contributed by atoms with Crippen molar-refractivity contribution in [1.29, 1.82) is 0 Å². The van der Waals surface area contributed by atoms with Gasteiger partial charge in [-0.2, -0.15) is 0 Å². The number of benzene rings is 2. The lowest BCUT2D eigenvalue weighted by Gasteiger charge is -2.50. The normalized spacial score (nSPS) is 20.9. The predicted octanol–water partition coefficient (Wildman–Crippen LogP) is 6.33. The molecule has 1 saturated heterocycles. The number of imide groups is 1. The number of carbonyl (C=O) groups is 2. The SMILES string of the molecule is CC1CC(C)(C)N(C(C)C)c2ccc(/C=C3\SC(=O)N(Cc4cccc([N+](=O)[O-])c4)C3=O)cc21. The number of anilines is 1. The van der Waals surface area contributed by atoms with E-state index in [0.717, 1.165) is 28.6 Å². The van der Waals surface area contributed by atoms with Crippen LogP contribution in [0.2, 0.25) is 0 Å². The van der Waals surface area contributed by atoms with Crippen molar-refractivity contribution in [3.8, 4) is 0 Å². The van der Waals surface area contributed by atoms with Gasteiger partial charge in [0.25, 0.3) is 16.8 Å². The number of nitro benzene ring substituents is 1. The maximum Gasteiger partial charge on any atom is 0.293 e. The number of hydrogen-bond donors (Lipinski definition) is 0. The quantitative estimate of drug-likeness (QED) is 0.283. The largest absolute Gasteiger partial charge is 0.364 e. The van der Waals surface area contributed by atoms with E-state index in [1.54, 1.807) is 18.2 Å². The summed E-state index contributed by atoms with van der Waals surface area (Å²) in [4.78, 5) is 40.1. The fourth-order valence-corrected chi connectivity index (χ4v) is 6.11. The topological polar surface area (TPSA) is 83.8 Å². The maximum atomic E-state index is 13.0. The number of thioether (sulfide) groups is 1. The van der Waals surface area contributed by atoms with Crippen LogP contribution in [-0.4, -0.2) is 32.6 Å². The van der Waals surface area contributed by atoms with Crippen LogP contribution in [0.5, 0.6) is 0 Å². The molecule has 0 radical (unpaired) electrons. The molecular weight excluding hydrogens is 450 g/mol. The van der Waals surface area contributed by atoms with Crippen molar-refractivity contribution < 1.29 is 14.5 Å². The molecule has 8 heteroatoms. The fourth-order valence-electron chi connectivity index (χ4n) is 5.28. The van der Waals surface area contributed by atoms with Crippen molar-refractivity contribution in [2.75, 3.05) is 4.90 Å². The average molecular weight is 480 g/mol. The summed E-state index contributed by atoms with van der Waals surface area (Å²) in [6.45, 7) is 11.2. The molecule has 34 heavy (non-hydrogen) atoms. The molecule has 2 aliphatic heterocycles. The van der Waals surface area contributed by atoms with Crippen LogP contribution in [0.4, 0.5) is 16.2 Å². The first kappa shape index (κ1) is 24.0. The molecule has 0 bridgehead atoms. The molecule has 2 amide bonds. The Kier molecular flexibility index (Phi) is 6.29. The van der Waals surface area contributed by atoms with E-state index in [4.69, 9.17) is 0 Å². The molecule has 2 heterocycles. The molecule has 1 fully saturated rings. The van der Waals surface area contributed by atoms with Crippen molar-refractivity contribution in [2.45, 2.75) is 65.1 Å². The number of fused-ring (bicyclic) bond motifs is 1. The number of hydrogen-bond acceptors (Lipinski definition) is 6. The molecule has 0 spiro atoms. The van der Waals surface area contributed by atoms with Crippen LogP contribution in [0.15, 0.2) is 47.4 Å². The summed E-state index contributed by atoms with van der Waals surface area (Å²) in [7, 11) is 0. The third-order valence-corrected chi connectivity index (χ3v) is 7.36. The zero-order chi connectivity index (χ0) is 24.8. The summed E-state index contributed by atoms with van der Waals surface area (Å²) in [5.74, 6) is -0.00509. The fraction of sp³-hybridized carbons (Fsp3) is 0.385. The highest BCUT2D eigenvalue weighted by atomic mass is 32.2. The lowest BCUT2D eigenvalue weighted by atomic mass is 9.79. The Morgan fingerprint density at radius 2 is 1.94 bits per heavy atom. The van der Waals surface area contributed by atoms with Crippen LogP contribution in [0.25, 0.3) is 6.08 Å². The summed E-state index contributed by atoms with van der Waals surface area (Å²) >= 11 is 0.904. The zero-order valence-corrected chi connectivity index (χ0v) is 20.9. The van der Waals surface area contributed by atoms with E-state index in [-0.39, 0.29) is 28.9 Å². The average Bonchev–Trinajstić information content (AvgIpc) is 3.01. The standard InChI is InChI=1S/C26H29N3O4S/c1-16(2)28-22-10-9-18(12-21(22)17(3)14-26(28,4)5)13-23-24(30)27(25(31)34-23)15-19-7-6-8-20(11-19)29(32)33/h6-13,16-17H,14-15H2,1-5H3/b23-13-. The Morgan fingerprint density at radius 1 is 1.21 bits per heavy atom. The van der Waals surface area contributed by atoms with Crippen LogP contribution in [0.3, 0.4) is 0 Å². The smallest absolute Gasteiger partial charge is 0.293 e. The van der Waals surface area contributed by atoms with Crippen LogP contribution in [0, 0.1) is 10.1 Å². The van der Waals surface area contributed by atoms with Gasteiger partial charge in [-0.25, -0.2) is 0 Å². The van der Waals surface area contributed by atoms with Crippen molar-refractivity contribution in [3.63, 3.8) is 0 Å². The number of amides is 2. The molecule has 0 aliphatic carbocycles.